The van der Waals surface area contributed by atoms with Gasteiger partial charge in [-0.2, -0.15) is 4.31 Å². The summed E-state index contributed by atoms with van der Waals surface area (Å²) in [6, 6.07) is 8.46. The summed E-state index contributed by atoms with van der Waals surface area (Å²) >= 11 is 15.5. The van der Waals surface area contributed by atoms with E-state index in [1.807, 2.05) is 4.90 Å². The number of ketones is 1. The maximum absolute atomic E-state index is 13.0. The SMILES string of the molecule is O=C(CCN1CCN(S(=O)(=O)c2c(Cl)cc(Br)cc2Cl)CC1)c1ccc([N+](=O)[O-])cc1.O=C(O)C(=O)O. The highest BCUT2D eigenvalue weighted by Gasteiger charge is 2.32. The lowest BCUT2D eigenvalue weighted by atomic mass is 10.1. The van der Waals surface area contributed by atoms with Gasteiger partial charge in [0.15, 0.2) is 5.78 Å². The molecule has 1 fully saturated rings. The quantitative estimate of drug-likeness (QED) is 0.197. The van der Waals surface area contributed by atoms with Crippen molar-refractivity contribution in [3.05, 3.63) is 66.6 Å². The van der Waals surface area contributed by atoms with Gasteiger partial charge in [-0.05, 0) is 24.3 Å². The van der Waals surface area contributed by atoms with Crippen LogP contribution in [-0.2, 0) is 19.6 Å². The zero-order valence-electron chi connectivity index (χ0n) is 18.8. The van der Waals surface area contributed by atoms with E-state index in [1.165, 1.54) is 40.7 Å². The van der Waals surface area contributed by atoms with E-state index in [9.17, 15) is 23.3 Å². The Kier molecular flexibility index (Phi) is 11.0. The normalized spacial score (nSPS) is 14.4. The molecule has 2 aromatic carbocycles. The van der Waals surface area contributed by atoms with Crippen molar-refractivity contribution in [2.45, 2.75) is 11.3 Å². The average Bonchev–Trinajstić information content (AvgIpc) is 2.82. The third-order valence-electron chi connectivity index (χ3n) is 5.13. The fourth-order valence-electron chi connectivity index (χ4n) is 3.27. The Bertz CT molecular complexity index is 1260. The standard InChI is InChI=1S/C19H18BrCl2N3O5S.C2H2O4/c20-14-11-16(21)19(17(22)12-14)31(29,30)24-9-7-23(8-10-24)6-5-18(26)13-1-3-15(4-2-13)25(27)28;3-1(4)2(5)6/h1-4,11-12H,5-10H2;(H,3,4)(H,5,6). The molecule has 3 rings (SSSR count). The van der Waals surface area contributed by atoms with Gasteiger partial charge in [0, 0.05) is 61.3 Å². The number of piperazine rings is 1. The highest BCUT2D eigenvalue weighted by atomic mass is 79.9. The molecular weight excluding hydrogens is 621 g/mol. The second-order valence-electron chi connectivity index (χ2n) is 7.53. The molecule has 2 aromatic rings. The van der Waals surface area contributed by atoms with Crippen LogP contribution in [-0.4, -0.2) is 83.2 Å². The molecule has 0 unspecified atom stereocenters. The molecule has 12 nitrogen and oxygen atoms in total. The Hall–Kier alpha value is -2.62. The van der Waals surface area contributed by atoms with E-state index in [-0.39, 0.29) is 45.9 Å². The van der Waals surface area contributed by atoms with Crippen LogP contribution in [0.25, 0.3) is 0 Å². The van der Waals surface area contributed by atoms with Gasteiger partial charge in [-0.1, -0.05) is 39.1 Å². The molecule has 0 bridgehead atoms. The number of carboxylic acids is 2. The summed E-state index contributed by atoms with van der Waals surface area (Å²) < 4.78 is 27.9. The van der Waals surface area contributed by atoms with Gasteiger partial charge in [0.25, 0.3) is 5.69 Å². The van der Waals surface area contributed by atoms with Gasteiger partial charge in [-0.25, -0.2) is 18.0 Å². The van der Waals surface area contributed by atoms with E-state index in [0.717, 1.165) is 0 Å². The molecule has 1 saturated heterocycles. The molecule has 2 N–H and O–H groups in total. The number of carbonyl (C=O) groups is 3. The summed E-state index contributed by atoms with van der Waals surface area (Å²) in [4.78, 5) is 42.6. The lowest BCUT2D eigenvalue weighted by molar-refractivity contribution is -0.384. The van der Waals surface area contributed by atoms with E-state index in [0.29, 0.717) is 29.7 Å². The van der Waals surface area contributed by atoms with E-state index in [1.54, 1.807) is 0 Å². The van der Waals surface area contributed by atoms with E-state index >= 15 is 0 Å². The first-order valence-electron chi connectivity index (χ1n) is 10.3. The molecular formula is C21H20BrCl2N3O9S. The van der Waals surface area contributed by atoms with Crippen molar-refractivity contribution >= 4 is 72.6 Å². The smallest absolute Gasteiger partial charge is 0.414 e. The predicted molar refractivity (Wildman–Crippen MR) is 137 cm³/mol. The van der Waals surface area contributed by atoms with Gasteiger partial charge < -0.3 is 15.1 Å². The van der Waals surface area contributed by atoms with Crippen LogP contribution >= 0.6 is 39.1 Å². The number of nitrogens with zero attached hydrogens (tertiary/aromatic N) is 3. The summed E-state index contributed by atoms with van der Waals surface area (Å²) in [6.07, 6.45) is 0.231. The van der Waals surface area contributed by atoms with Crippen molar-refractivity contribution in [1.82, 2.24) is 9.21 Å². The maximum atomic E-state index is 13.0. The van der Waals surface area contributed by atoms with E-state index < -0.39 is 26.9 Å². The lowest BCUT2D eigenvalue weighted by Gasteiger charge is -2.34. The first-order chi connectivity index (χ1) is 17.2. The minimum atomic E-state index is -3.85. The summed E-state index contributed by atoms with van der Waals surface area (Å²) in [5, 5.41) is 25.6. The molecule has 0 spiro atoms. The Morgan fingerprint density at radius 2 is 1.46 bits per heavy atom. The average molecular weight is 641 g/mol. The van der Waals surface area contributed by atoms with Crippen LogP contribution in [0.3, 0.4) is 0 Å². The number of aliphatic carboxylic acids is 2. The molecule has 0 radical (unpaired) electrons. The maximum Gasteiger partial charge on any atom is 0.414 e. The number of rotatable bonds is 7. The fraction of sp³-hybridized carbons (Fsp3) is 0.286. The number of carboxylic acid groups (broad SMARTS) is 2. The minimum Gasteiger partial charge on any atom is -0.473 e. The number of nitro benzene ring substituents is 1. The van der Waals surface area contributed by atoms with Crippen LogP contribution in [0.1, 0.15) is 16.8 Å². The van der Waals surface area contributed by atoms with Gasteiger partial charge in [0.1, 0.15) is 4.90 Å². The van der Waals surface area contributed by atoms with Gasteiger partial charge in [0.2, 0.25) is 10.0 Å². The molecule has 200 valence electrons. The number of non-ortho nitro benzene ring substituents is 1. The number of hydrogen-bond donors (Lipinski definition) is 2. The molecule has 1 aliphatic rings. The van der Waals surface area contributed by atoms with Crippen LogP contribution in [0.5, 0.6) is 0 Å². The second-order valence-corrected chi connectivity index (χ2v) is 11.1. The van der Waals surface area contributed by atoms with Crippen molar-refractivity contribution in [1.29, 1.82) is 0 Å². The Balaban J connectivity index is 0.000000717. The zero-order valence-corrected chi connectivity index (χ0v) is 22.8. The third-order valence-corrected chi connectivity index (χ3v) is 8.41. The van der Waals surface area contributed by atoms with Crippen LogP contribution < -0.4 is 0 Å². The molecule has 0 aliphatic carbocycles. The molecule has 0 saturated carbocycles. The van der Waals surface area contributed by atoms with Crippen molar-refractivity contribution in [3.8, 4) is 0 Å². The fourth-order valence-corrected chi connectivity index (χ4v) is 6.58. The first-order valence-corrected chi connectivity index (χ1v) is 13.3. The van der Waals surface area contributed by atoms with Gasteiger partial charge in [-0.15, -0.1) is 0 Å². The molecule has 0 amide bonds. The zero-order chi connectivity index (χ0) is 27.9. The van der Waals surface area contributed by atoms with Crippen molar-refractivity contribution in [2.75, 3.05) is 32.7 Å². The summed E-state index contributed by atoms with van der Waals surface area (Å²) in [5.74, 6) is -3.77. The molecule has 1 heterocycles. The number of sulfonamides is 1. The Morgan fingerprint density at radius 1 is 0.973 bits per heavy atom. The number of carbonyl (C=O) groups excluding carboxylic acids is 1. The van der Waals surface area contributed by atoms with E-state index in [4.69, 9.17) is 43.0 Å². The summed E-state index contributed by atoms with van der Waals surface area (Å²) in [6.45, 7) is 1.87. The first kappa shape index (κ1) is 30.6. The predicted octanol–water partition coefficient (Wildman–Crippen LogP) is 3.40. The minimum absolute atomic E-state index is 0.0514. The molecule has 1 aliphatic heterocycles. The van der Waals surface area contributed by atoms with Crippen LogP contribution in [0, 0.1) is 10.1 Å². The summed E-state index contributed by atoms with van der Waals surface area (Å²) in [7, 11) is -3.85. The van der Waals surface area contributed by atoms with Crippen LogP contribution in [0.4, 0.5) is 5.69 Å². The van der Waals surface area contributed by atoms with Gasteiger partial charge in [0.05, 0.1) is 15.0 Å². The molecule has 16 heteroatoms. The van der Waals surface area contributed by atoms with Crippen LogP contribution in [0.2, 0.25) is 10.0 Å². The van der Waals surface area contributed by atoms with Gasteiger partial charge in [-0.3, -0.25) is 14.9 Å². The number of nitro groups is 1. The second kappa shape index (κ2) is 13.3. The van der Waals surface area contributed by atoms with Gasteiger partial charge >= 0.3 is 11.9 Å². The highest BCUT2D eigenvalue weighted by molar-refractivity contribution is 9.10. The number of halogens is 3. The number of Topliss-reactive ketones (excluding diaryl/α,β-unsaturated/α-hetero) is 1. The van der Waals surface area contributed by atoms with Crippen molar-refractivity contribution < 1.29 is 37.9 Å². The largest absolute Gasteiger partial charge is 0.473 e. The molecule has 0 atom stereocenters. The number of benzene rings is 2. The Morgan fingerprint density at radius 3 is 1.89 bits per heavy atom. The van der Waals surface area contributed by atoms with E-state index in [2.05, 4.69) is 15.9 Å². The molecule has 37 heavy (non-hydrogen) atoms. The number of hydrogen-bond acceptors (Lipinski definition) is 8. The highest BCUT2D eigenvalue weighted by Crippen LogP contribution is 2.35. The Labute approximate surface area is 229 Å². The summed E-state index contributed by atoms with van der Waals surface area (Å²) in [5.41, 5.74) is 0.339. The monoisotopic (exact) mass is 639 g/mol. The van der Waals surface area contributed by atoms with Crippen LogP contribution in [0.15, 0.2) is 45.8 Å². The van der Waals surface area contributed by atoms with Crippen molar-refractivity contribution in [2.24, 2.45) is 0 Å². The lowest BCUT2D eigenvalue weighted by Crippen LogP contribution is -2.49. The molecule has 0 aromatic heterocycles. The topological polar surface area (TPSA) is 175 Å². The van der Waals surface area contributed by atoms with Crippen molar-refractivity contribution in [3.63, 3.8) is 0 Å². The third kappa shape index (κ3) is 8.45.